The van der Waals surface area contributed by atoms with Gasteiger partial charge in [-0.15, -0.1) is 0 Å². The van der Waals surface area contributed by atoms with Crippen molar-refractivity contribution in [1.82, 2.24) is 14.8 Å². The zero-order chi connectivity index (χ0) is 22.7. The lowest BCUT2D eigenvalue weighted by molar-refractivity contribution is 0.0696. The van der Waals surface area contributed by atoms with E-state index in [2.05, 4.69) is 4.98 Å². The highest BCUT2D eigenvalue weighted by Gasteiger charge is 2.13. The van der Waals surface area contributed by atoms with Crippen LogP contribution in [-0.4, -0.2) is 40.5 Å². The fourth-order valence-corrected chi connectivity index (χ4v) is 3.78. The average molecular weight is 446 g/mol. The third-order valence-corrected chi connectivity index (χ3v) is 5.91. The fraction of sp³-hybridized carbons (Fsp3) is 0.0417. The maximum Gasteiger partial charge on any atom is 0.335 e. The molecule has 2 heterocycles. The number of pyridine rings is 1. The normalized spacial score (nSPS) is 11.7. The molecule has 1 N–H and O–H groups in total. The molecule has 0 bridgehead atoms. The minimum absolute atomic E-state index is 0.149. The summed E-state index contributed by atoms with van der Waals surface area (Å²) in [6.07, 6.45) is 7.99. The van der Waals surface area contributed by atoms with Gasteiger partial charge in [-0.3, -0.25) is 4.98 Å². The van der Waals surface area contributed by atoms with Crippen molar-refractivity contribution in [2.45, 2.75) is 4.90 Å². The number of rotatable bonds is 6. The molecule has 2 aromatic carbocycles. The summed E-state index contributed by atoms with van der Waals surface area (Å²) in [6, 6.07) is 19.0. The molecule has 0 aliphatic carbocycles. The van der Waals surface area contributed by atoms with Crippen molar-refractivity contribution in [3.63, 3.8) is 0 Å². The maximum absolute atomic E-state index is 11.8. The molecule has 0 fully saturated rings. The van der Waals surface area contributed by atoms with Gasteiger partial charge in [0.1, 0.15) is 0 Å². The Labute approximate surface area is 185 Å². The SMILES string of the molecule is CS(=O)(=O)c1ccc(-c2nn(-c3ccccc3)cc2C=Cc2cc(C(=O)O)ccn2)cc1. The molecule has 8 heteroatoms. The summed E-state index contributed by atoms with van der Waals surface area (Å²) in [5, 5.41) is 13.9. The van der Waals surface area contributed by atoms with Gasteiger partial charge in [0, 0.05) is 29.8 Å². The van der Waals surface area contributed by atoms with E-state index in [-0.39, 0.29) is 10.5 Å². The molecule has 0 saturated heterocycles. The van der Waals surface area contributed by atoms with Crippen molar-refractivity contribution in [1.29, 1.82) is 0 Å². The second kappa shape index (κ2) is 8.60. The largest absolute Gasteiger partial charge is 0.478 e. The lowest BCUT2D eigenvalue weighted by Gasteiger charge is -2.02. The number of carboxylic acid groups (broad SMARTS) is 1. The van der Waals surface area contributed by atoms with Crippen molar-refractivity contribution >= 4 is 28.0 Å². The van der Waals surface area contributed by atoms with E-state index in [9.17, 15) is 18.3 Å². The summed E-state index contributed by atoms with van der Waals surface area (Å²) in [4.78, 5) is 15.6. The average Bonchev–Trinajstić information content (AvgIpc) is 3.22. The minimum atomic E-state index is -3.30. The number of aromatic nitrogens is 3. The highest BCUT2D eigenvalue weighted by Crippen LogP contribution is 2.26. The van der Waals surface area contributed by atoms with E-state index in [0.29, 0.717) is 11.4 Å². The van der Waals surface area contributed by atoms with Crippen LogP contribution in [0.15, 0.2) is 84.0 Å². The molecule has 7 nitrogen and oxygen atoms in total. The predicted octanol–water partition coefficient (Wildman–Crippen LogP) is 4.21. The molecule has 0 unspecified atom stereocenters. The minimum Gasteiger partial charge on any atom is -0.478 e. The number of nitrogens with zero attached hydrogens (tertiary/aromatic N) is 3. The van der Waals surface area contributed by atoms with Gasteiger partial charge in [0.05, 0.1) is 27.5 Å². The third-order valence-electron chi connectivity index (χ3n) is 4.78. The molecule has 32 heavy (non-hydrogen) atoms. The Kier molecular flexibility index (Phi) is 5.70. The maximum atomic E-state index is 11.8. The number of aromatic carboxylic acids is 1. The summed E-state index contributed by atoms with van der Waals surface area (Å²) >= 11 is 0. The van der Waals surface area contributed by atoms with E-state index in [1.165, 1.54) is 24.6 Å². The first-order valence-corrected chi connectivity index (χ1v) is 11.5. The van der Waals surface area contributed by atoms with E-state index >= 15 is 0 Å². The van der Waals surface area contributed by atoms with E-state index in [1.807, 2.05) is 36.5 Å². The van der Waals surface area contributed by atoms with Gasteiger partial charge in [-0.2, -0.15) is 5.10 Å². The summed E-state index contributed by atoms with van der Waals surface area (Å²) in [6.45, 7) is 0. The molecular formula is C24H19N3O4S. The number of hydrogen-bond donors (Lipinski definition) is 1. The van der Waals surface area contributed by atoms with Crippen LogP contribution < -0.4 is 0 Å². The second-order valence-electron chi connectivity index (χ2n) is 7.12. The monoisotopic (exact) mass is 445 g/mol. The van der Waals surface area contributed by atoms with Gasteiger partial charge in [-0.1, -0.05) is 30.3 Å². The zero-order valence-corrected chi connectivity index (χ0v) is 17.9. The van der Waals surface area contributed by atoms with Gasteiger partial charge < -0.3 is 5.11 Å². The van der Waals surface area contributed by atoms with Crippen LogP contribution in [0.3, 0.4) is 0 Å². The molecule has 0 atom stereocenters. The Morgan fingerprint density at radius 3 is 2.38 bits per heavy atom. The fourth-order valence-electron chi connectivity index (χ4n) is 3.15. The van der Waals surface area contributed by atoms with Gasteiger partial charge in [0.2, 0.25) is 0 Å². The second-order valence-corrected chi connectivity index (χ2v) is 9.13. The topological polar surface area (TPSA) is 102 Å². The Bertz CT molecular complexity index is 1410. The van der Waals surface area contributed by atoms with Crippen molar-refractivity contribution < 1.29 is 18.3 Å². The molecular weight excluding hydrogens is 426 g/mol. The van der Waals surface area contributed by atoms with E-state index < -0.39 is 15.8 Å². The lowest BCUT2D eigenvalue weighted by Crippen LogP contribution is -1.97. The van der Waals surface area contributed by atoms with Gasteiger partial charge in [0.25, 0.3) is 0 Å². The summed E-state index contributed by atoms with van der Waals surface area (Å²) in [5.74, 6) is -1.02. The first-order chi connectivity index (χ1) is 15.3. The zero-order valence-electron chi connectivity index (χ0n) is 17.1. The summed E-state index contributed by atoms with van der Waals surface area (Å²) in [5.41, 5.74) is 3.68. The number of sulfone groups is 1. The number of carboxylic acids is 1. The van der Waals surface area contributed by atoms with Crippen molar-refractivity contribution in [3.05, 3.63) is 95.9 Å². The van der Waals surface area contributed by atoms with Crippen LogP contribution in [0.4, 0.5) is 0 Å². The molecule has 0 spiro atoms. The van der Waals surface area contributed by atoms with Crippen molar-refractivity contribution in [2.24, 2.45) is 0 Å². The van der Waals surface area contributed by atoms with E-state index in [0.717, 1.165) is 16.8 Å². The molecule has 0 saturated carbocycles. The molecule has 0 aliphatic heterocycles. The van der Waals surface area contributed by atoms with Gasteiger partial charge >= 0.3 is 5.97 Å². The number of carbonyl (C=O) groups is 1. The molecule has 2 aromatic heterocycles. The molecule has 4 rings (SSSR count). The number of para-hydroxylation sites is 1. The van der Waals surface area contributed by atoms with Crippen LogP contribution in [0.25, 0.3) is 29.1 Å². The van der Waals surface area contributed by atoms with Crippen LogP contribution in [0, 0.1) is 0 Å². The van der Waals surface area contributed by atoms with Crippen LogP contribution in [0.5, 0.6) is 0 Å². The van der Waals surface area contributed by atoms with Crippen molar-refractivity contribution in [3.8, 4) is 16.9 Å². The van der Waals surface area contributed by atoms with Crippen LogP contribution in [-0.2, 0) is 9.84 Å². The Balaban J connectivity index is 1.77. The molecule has 0 aliphatic rings. The molecule has 4 aromatic rings. The molecule has 160 valence electrons. The first kappa shape index (κ1) is 21.2. The molecule has 0 amide bonds. The molecule has 0 radical (unpaired) electrons. The van der Waals surface area contributed by atoms with Crippen LogP contribution in [0.2, 0.25) is 0 Å². The Morgan fingerprint density at radius 2 is 1.72 bits per heavy atom. The third kappa shape index (κ3) is 4.65. The Hall–Kier alpha value is -4.04. The van der Waals surface area contributed by atoms with Crippen LogP contribution >= 0.6 is 0 Å². The summed E-state index contributed by atoms with van der Waals surface area (Å²) in [7, 11) is -3.30. The van der Waals surface area contributed by atoms with Crippen LogP contribution in [0.1, 0.15) is 21.6 Å². The smallest absolute Gasteiger partial charge is 0.335 e. The van der Waals surface area contributed by atoms with E-state index in [4.69, 9.17) is 5.10 Å². The number of hydrogen-bond acceptors (Lipinski definition) is 5. The van der Waals surface area contributed by atoms with Crippen molar-refractivity contribution in [2.75, 3.05) is 6.26 Å². The number of benzene rings is 2. The van der Waals surface area contributed by atoms with Gasteiger partial charge in [0.15, 0.2) is 9.84 Å². The highest BCUT2D eigenvalue weighted by atomic mass is 32.2. The lowest BCUT2D eigenvalue weighted by atomic mass is 10.1. The quantitative estimate of drug-likeness (QED) is 0.477. The van der Waals surface area contributed by atoms with Gasteiger partial charge in [-0.25, -0.2) is 17.9 Å². The summed E-state index contributed by atoms with van der Waals surface area (Å²) < 4.78 is 25.3. The van der Waals surface area contributed by atoms with E-state index in [1.54, 1.807) is 41.1 Å². The predicted molar refractivity (Wildman–Crippen MR) is 122 cm³/mol. The highest BCUT2D eigenvalue weighted by molar-refractivity contribution is 7.90. The standard InChI is InChI=1S/C24H19N3O4S/c1-32(30,31)22-11-8-17(9-12-22)23-19(16-27(26-23)21-5-3-2-4-6-21)7-10-20-15-18(24(28)29)13-14-25-20/h2-16H,1H3,(H,28,29). The van der Waals surface area contributed by atoms with Gasteiger partial charge in [-0.05, 0) is 48.6 Å². The Morgan fingerprint density at radius 1 is 1.00 bits per heavy atom. The first-order valence-electron chi connectivity index (χ1n) is 9.64.